The topological polar surface area (TPSA) is 61.2 Å². The molecule has 152 valence electrons. The van der Waals surface area contributed by atoms with Gasteiger partial charge in [-0.2, -0.15) is 0 Å². The molecule has 1 amide bonds. The van der Waals surface area contributed by atoms with E-state index in [0.717, 1.165) is 13.1 Å². The second-order valence-corrected chi connectivity index (χ2v) is 6.45. The van der Waals surface area contributed by atoms with Crippen LogP contribution in [0.4, 0.5) is 0 Å². The Morgan fingerprint density at radius 2 is 1.54 bits per heavy atom. The van der Waals surface area contributed by atoms with Crippen molar-refractivity contribution in [2.75, 3.05) is 41.0 Å². The first kappa shape index (κ1) is 21.6. The highest BCUT2D eigenvalue weighted by Gasteiger charge is 2.23. The Labute approximate surface area is 167 Å². The zero-order valence-electron chi connectivity index (χ0n) is 17.4. The number of hydrogen-bond donors (Lipinski definition) is 2. The van der Waals surface area contributed by atoms with Crippen molar-refractivity contribution in [3.05, 3.63) is 53.6 Å². The Morgan fingerprint density at radius 1 is 0.964 bits per heavy atom. The summed E-state index contributed by atoms with van der Waals surface area (Å²) in [6.45, 7) is 6.83. The molecule has 2 aromatic rings. The lowest BCUT2D eigenvalue weighted by Gasteiger charge is -2.27. The highest BCUT2D eigenvalue weighted by Crippen LogP contribution is 2.38. The number of rotatable bonds is 10. The Bertz CT molecular complexity index is 735. The lowest BCUT2D eigenvalue weighted by Crippen LogP contribution is -3.12. The molecule has 2 N–H and O–H groups in total. The molecule has 2 rings (SSSR count). The Morgan fingerprint density at radius 3 is 2.00 bits per heavy atom. The quantitative estimate of drug-likeness (QED) is 0.656. The Hall–Kier alpha value is -2.73. The molecule has 0 saturated heterocycles. The average Bonchev–Trinajstić information content (AvgIpc) is 2.75. The Kier molecular flexibility index (Phi) is 8.14. The van der Waals surface area contributed by atoms with Crippen LogP contribution in [0.25, 0.3) is 0 Å². The van der Waals surface area contributed by atoms with Gasteiger partial charge in [-0.05, 0) is 26.0 Å². The summed E-state index contributed by atoms with van der Waals surface area (Å²) in [4.78, 5) is 14.3. The molecule has 0 spiro atoms. The van der Waals surface area contributed by atoms with Crippen LogP contribution >= 0.6 is 0 Å². The second kappa shape index (κ2) is 10.6. The fourth-order valence-electron chi connectivity index (χ4n) is 3.44. The van der Waals surface area contributed by atoms with E-state index in [9.17, 15) is 4.79 Å². The van der Waals surface area contributed by atoms with Gasteiger partial charge in [0.2, 0.25) is 5.75 Å². The molecular weight excluding hydrogens is 356 g/mol. The molecule has 0 heterocycles. The van der Waals surface area contributed by atoms with Crippen LogP contribution in [0.5, 0.6) is 17.2 Å². The molecule has 0 aliphatic rings. The van der Waals surface area contributed by atoms with Gasteiger partial charge >= 0.3 is 0 Å². The SMILES string of the molecule is CC[NH+](CC)[C@@H](CNC(=O)c1cc(OC)c(OC)c(OC)c1)c1ccccc1. The van der Waals surface area contributed by atoms with Gasteiger partial charge < -0.3 is 24.4 Å². The predicted octanol–water partition coefficient (Wildman–Crippen LogP) is 2.11. The molecule has 0 unspecified atom stereocenters. The van der Waals surface area contributed by atoms with Gasteiger partial charge in [-0.25, -0.2) is 0 Å². The summed E-state index contributed by atoms with van der Waals surface area (Å²) in [6, 6.07) is 13.8. The minimum absolute atomic E-state index is 0.174. The molecule has 0 aliphatic heterocycles. The maximum atomic E-state index is 12.8. The first-order valence-corrected chi connectivity index (χ1v) is 9.57. The van der Waals surface area contributed by atoms with Crippen molar-refractivity contribution in [1.82, 2.24) is 5.32 Å². The van der Waals surface area contributed by atoms with Gasteiger partial charge in [0, 0.05) is 11.1 Å². The van der Waals surface area contributed by atoms with Crippen LogP contribution in [0.15, 0.2) is 42.5 Å². The molecular formula is C22H31N2O4+. The summed E-state index contributed by atoms with van der Waals surface area (Å²) in [6.07, 6.45) is 0. The highest BCUT2D eigenvalue weighted by atomic mass is 16.5. The summed E-state index contributed by atoms with van der Waals surface area (Å²) in [5.41, 5.74) is 1.68. The van der Waals surface area contributed by atoms with Crippen LogP contribution in [0, 0.1) is 0 Å². The van der Waals surface area contributed by atoms with Crippen molar-refractivity contribution in [3.63, 3.8) is 0 Å². The minimum Gasteiger partial charge on any atom is -0.493 e. The maximum absolute atomic E-state index is 12.8. The van der Waals surface area contributed by atoms with Crippen molar-refractivity contribution >= 4 is 5.91 Å². The van der Waals surface area contributed by atoms with E-state index in [2.05, 4.69) is 31.3 Å². The molecule has 0 bridgehead atoms. The molecule has 2 aromatic carbocycles. The van der Waals surface area contributed by atoms with Crippen LogP contribution < -0.4 is 24.4 Å². The lowest BCUT2D eigenvalue weighted by atomic mass is 10.0. The van der Waals surface area contributed by atoms with Crippen LogP contribution in [-0.2, 0) is 0 Å². The third-order valence-electron chi connectivity index (χ3n) is 5.00. The molecule has 0 fully saturated rings. The van der Waals surface area contributed by atoms with Gasteiger partial charge in [0.05, 0.1) is 41.0 Å². The van der Waals surface area contributed by atoms with E-state index in [4.69, 9.17) is 14.2 Å². The molecule has 28 heavy (non-hydrogen) atoms. The van der Waals surface area contributed by atoms with Crippen molar-refractivity contribution in [1.29, 1.82) is 0 Å². The van der Waals surface area contributed by atoms with Crippen LogP contribution in [0.2, 0.25) is 0 Å². The molecule has 6 nitrogen and oxygen atoms in total. The number of hydrogen-bond acceptors (Lipinski definition) is 4. The van der Waals surface area contributed by atoms with Gasteiger partial charge in [-0.1, -0.05) is 30.3 Å². The summed E-state index contributed by atoms with van der Waals surface area (Å²) in [5, 5.41) is 3.08. The molecule has 0 aromatic heterocycles. The highest BCUT2D eigenvalue weighted by molar-refractivity contribution is 5.95. The number of methoxy groups -OCH3 is 3. The van der Waals surface area contributed by atoms with Gasteiger partial charge in [0.15, 0.2) is 11.5 Å². The first-order chi connectivity index (χ1) is 13.6. The fourth-order valence-corrected chi connectivity index (χ4v) is 3.44. The normalized spacial score (nSPS) is 11.8. The van der Waals surface area contributed by atoms with Crippen molar-refractivity contribution in [3.8, 4) is 17.2 Å². The van der Waals surface area contributed by atoms with E-state index in [-0.39, 0.29) is 11.9 Å². The molecule has 6 heteroatoms. The van der Waals surface area contributed by atoms with Gasteiger partial charge in [0.1, 0.15) is 6.04 Å². The van der Waals surface area contributed by atoms with Crippen molar-refractivity contribution < 1.29 is 23.9 Å². The van der Waals surface area contributed by atoms with Crippen LogP contribution in [-0.4, -0.2) is 46.9 Å². The molecule has 0 saturated carbocycles. The number of carbonyl (C=O) groups is 1. The molecule has 0 aliphatic carbocycles. The van der Waals surface area contributed by atoms with Crippen LogP contribution in [0.1, 0.15) is 35.8 Å². The predicted molar refractivity (Wildman–Crippen MR) is 110 cm³/mol. The molecule has 0 radical (unpaired) electrons. The van der Waals surface area contributed by atoms with E-state index in [1.165, 1.54) is 31.8 Å². The number of nitrogens with one attached hydrogen (secondary N) is 2. The lowest BCUT2D eigenvalue weighted by molar-refractivity contribution is -0.927. The van der Waals surface area contributed by atoms with E-state index in [0.29, 0.717) is 29.4 Å². The Balaban J connectivity index is 2.23. The largest absolute Gasteiger partial charge is 0.493 e. The number of likely N-dealkylation sites (N-methyl/N-ethyl adjacent to an activating group) is 1. The molecule has 1 atom stereocenters. The van der Waals surface area contributed by atoms with Crippen molar-refractivity contribution in [2.24, 2.45) is 0 Å². The standard InChI is InChI=1S/C22H30N2O4/c1-6-24(7-2)18(16-11-9-8-10-12-16)15-23-22(25)17-13-19(26-3)21(28-5)20(14-17)27-4/h8-14,18H,6-7,15H2,1-5H3,(H,23,25)/p+1/t18-/m0/s1. The number of carbonyl (C=O) groups excluding carboxylic acids is 1. The number of amides is 1. The summed E-state index contributed by atoms with van der Waals surface area (Å²) < 4.78 is 16.0. The van der Waals surface area contributed by atoms with E-state index in [1.807, 2.05) is 18.2 Å². The third kappa shape index (κ3) is 4.95. The van der Waals surface area contributed by atoms with Gasteiger partial charge in [-0.3, -0.25) is 4.79 Å². The van der Waals surface area contributed by atoms with E-state index >= 15 is 0 Å². The summed E-state index contributed by atoms with van der Waals surface area (Å²) in [7, 11) is 4.61. The first-order valence-electron chi connectivity index (χ1n) is 9.57. The fraction of sp³-hybridized carbons (Fsp3) is 0.409. The smallest absolute Gasteiger partial charge is 0.251 e. The number of benzene rings is 2. The van der Waals surface area contributed by atoms with Gasteiger partial charge in [0.25, 0.3) is 5.91 Å². The zero-order valence-corrected chi connectivity index (χ0v) is 17.4. The average molecular weight is 388 g/mol. The van der Waals surface area contributed by atoms with Crippen molar-refractivity contribution in [2.45, 2.75) is 19.9 Å². The van der Waals surface area contributed by atoms with Gasteiger partial charge in [-0.15, -0.1) is 0 Å². The number of ether oxygens (including phenoxy) is 3. The maximum Gasteiger partial charge on any atom is 0.251 e. The monoisotopic (exact) mass is 387 g/mol. The van der Waals surface area contributed by atoms with Crippen LogP contribution in [0.3, 0.4) is 0 Å². The zero-order chi connectivity index (χ0) is 20.5. The van der Waals surface area contributed by atoms with E-state index < -0.39 is 0 Å². The summed E-state index contributed by atoms with van der Waals surface area (Å²) in [5.74, 6) is 1.21. The number of quaternary nitrogens is 1. The summed E-state index contributed by atoms with van der Waals surface area (Å²) >= 11 is 0. The van der Waals surface area contributed by atoms with E-state index in [1.54, 1.807) is 12.1 Å². The second-order valence-electron chi connectivity index (χ2n) is 6.45. The minimum atomic E-state index is -0.174. The third-order valence-corrected chi connectivity index (χ3v) is 5.00.